The molecule has 3 aromatic heterocycles. The van der Waals surface area contributed by atoms with Gasteiger partial charge >= 0.3 is 0 Å². The Labute approximate surface area is 157 Å². The van der Waals surface area contributed by atoms with Crippen LogP contribution in [0, 0.1) is 6.92 Å². The van der Waals surface area contributed by atoms with Crippen LogP contribution in [0.1, 0.15) is 34.0 Å². The third kappa shape index (κ3) is 3.92. The molecule has 27 heavy (non-hydrogen) atoms. The second-order valence-electron chi connectivity index (χ2n) is 6.63. The van der Waals surface area contributed by atoms with Crippen LogP contribution in [0.5, 0.6) is 0 Å². The Kier molecular flexibility index (Phi) is 4.74. The highest BCUT2D eigenvalue weighted by molar-refractivity contribution is 5.94. The van der Waals surface area contributed by atoms with E-state index < -0.39 is 0 Å². The van der Waals surface area contributed by atoms with Gasteiger partial charge in [-0.2, -0.15) is 0 Å². The summed E-state index contributed by atoms with van der Waals surface area (Å²) in [7, 11) is 0. The zero-order valence-corrected chi connectivity index (χ0v) is 15.0. The zero-order valence-electron chi connectivity index (χ0n) is 15.0. The molecular weight excluding hydrogens is 340 g/mol. The maximum atomic E-state index is 12.6. The predicted octanol–water partition coefficient (Wildman–Crippen LogP) is 2.95. The first-order chi connectivity index (χ1) is 13.2. The molecule has 3 aromatic rings. The first-order valence-electron chi connectivity index (χ1n) is 8.91. The van der Waals surface area contributed by atoms with E-state index in [1.165, 1.54) is 0 Å². The molecule has 1 amide bonds. The van der Waals surface area contributed by atoms with E-state index in [1.807, 2.05) is 30.0 Å². The van der Waals surface area contributed by atoms with E-state index in [0.717, 1.165) is 17.7 Å². The molecule has 1 fully saturated rings. The van der Waals surface area contributed by atoms with Gasteiger partial charge in [-0.05, 0) is 43.2 Å². The summed E-state index contributed by atoms with van der Waals surface area (Å²) in [5.74, 6) is 1.43. The van der Waals surface area contributed by atoms with E-state index in [-0.39, 0.29) is 11.8 Å². The number of aromatic nitrogens is 4. The lowest BCUT2D eigenvalue weighted by Gasteiger charge is -2.16. The maximum absolute atomic E-state index is 12.6. The van der Waals surface area contributed by atoms with E-state index in [4.69, 9.17) is 0 Å². The molecule has 1 N–H and O–H groups in total. The highest BCUT2D eigenvalue weighted by Gasteiger charge is 2.29. The molecule has 136 valence electrons. The summed E-state index contributed by atoms with van der Waals surface area (Å²) in [5.41, 5.74) is 2.65. The smallest absolute Gasteiger partial charge is 0.255 e. The number of amides is 1. The van der Waals surface area contributed by atoms with Crippen molar-refractivity contribution in [1.29, 1.82) is 0 Å². The molecular formula is C20H20N6O. The monoisotopic (exact) mass is 360 g/mol. The van der Waals surface area contributed by atoms with Crippen LogP contribution in [-0.4, -0.2) is 43.8 Å². The number of likely N-dealkylation sites (tertiary alicyclic amines) is 1. The quantitative estimate of drug-likeness (QED) is 0.770. The number of aryl methyl sites for hydroxylation is 1. The molecule has 1 saturated heterocycles. The number of pyridine rings is 2. The van der Waals surface area contributed by atoms with Crippen molar-refractivity contribution in [2.45, 2.75) is 19.3 Å². The van der Waals surface area contributed by atoms with Crippen LogP contribution in [0.2, 0.25) is 0 Å². The summed E-state index contributed by atoms with van der Waals surface area (Å²) in [6, 6.07) is 9.37. The van der Waals surface area contributed by atoms with Crippen molar-refractivity contribution in [2.24, 2.45) is 0 Å². The molecule has 0 aliphatic carbocycles. The topological polar surface area (TPSA) is 83.9 Å². The van der Waals surface area contributed by atoms with Crippen molar-refractivity contribution in [1.82, 2.24) is 24.8 Å². The van der Waals surface area contributed by atoms with Crippen LogP contribution in [-0.2, 0) is 0 Å². The van der Waals surface area contributed by atoms with Crippen molar-refractivity contribution in [3.8, 4) is 0 Å². The van der Waals surface area contributed by atoms with Gasteiger partial charge in [0.1, 0.15) is 5.82 Å². The number of rotatable bonds is 4. The van der Waals surface area contributed by atoms with Crippen LogP contribution < -0.4 is 5.32 Å². The fourth-order valence-corrected chi connectivity index (χ4v) is 3.17. The minimum absolute atomic E-state index is 0.0156. The standard InChI is InChI=1S/C20H20N6O/c1-14-4-5-18(23-11-14)25-20-22-9-6-17(24-20)16-7-10-26(13-16)19(27)15-3-2-8-21-12-15/h2-6,8-9,11-12,16H,7,10,13H2,1H3,(H,22,23,24,25)/t16-/m1/s1. The number of carbonyl (C=O) groups is 1. The van der Waals surface area contributed by atoms with Crippen molar-refractivity contribution in [3.05, 3.63) is 71.9 Å². The lowest BCUT2D eigenvalue weighted by Crippen LogP contribution is -2.28. The highest BCUT2D eigenvalue weighted by Crippen LogP contribution is 2.27. The molecule has 0 bridgehead atoms. The summed E-state index contributed by atoms with van der Waals surface area (Å²) >= 11 is 0. The van der Waals surface area contributed by atoms with E-state index in [0.29, 0.717) is 30.4 Å². The van der Waals surface area contributed by atoms with Gasteiger partial charge in [-0.15, -0.1) is 0 Å². The van der Waals surface area contributed by atoms with Crippen molar-refractivity contribution in [3.63, 3.8) is 0 Å². The van der Waals surface area contributed by atoms with E-state index >= 15 is 0 Å². The SMILES string of the molecule is Cc1ccc(Nc2nccc([C@@H]3CCN(C(=O)c4cccnc4)C3)n2)nc1. The van der Waals surface area contributed by atoms with Gasteiger partial charge in [0.05, 0.1) is 11.3 Å². The molecule has 0 radical (unpaired) electrons. The van der Waals surface area contributed by atoms with Crippen LogP contribution in [0.25, 0.3) is 0 Å². The van der Waals surface area contributed by atoms with Gasteiger partial charge in [0.2, 0.25) is 5.95 Å². The summed E-state index contributed by atoms with van der Waals surface area (Å²) in [5, 5.41) is 3.13. The number of nitrogens with zero attached hydrogens (tertiary/aromatic N) is 5. The van der Waals surface area contributed by atoms with Crippen LogP contribution in [0.4, 0.5) is 11.8 Å². The molecule has 1 atom stereocenters. The molecule has 0 aromatic carbocycles. The Balaban J connectivity index is 1.45. The van der Waals surface area contributed by atoms with Gasteiger partial charge < -0.3 is 10.2 Å². The summed E-state index contributed by atoms with van der Waals surface area (Å²) in [6.07, 6.45) is 7.69. The van der Waals surface area contributed by atoms with E-state index in [2.05, 4.69) is 25.3 Å². The fraction of sp³-hybridized carbons (Fsp3) is 0.250. The summed E-state index contributed by atoms with van der Waals surface area (Å²) < 4.78 is 0. The minimum Gasteiger partial charge on any atom is -0.338 e. The number of hydrogen-bond donors (Lipinski definition) is 1. The molecule has 0 unspecified atom stereocenters. The number of hydrogen-bond acceptors (Lipinski definition) is 6. The maximum Gasteiger partial charge on any atom is 0.255 e. The molecule has 7 nitrogen and oxygen atoms in total. The van der Waals surface area contributed by atoms with E-state index in [1.54, 1.807) is 36.9 Å². The van der Waals surface area contributed by atoms with Gasteiger partial charge in [-0.25, -0.2) is 15.0 Å². The van der Waals surface area contributed by atoms with Gasteiger partial charge in [-0.1, -0.05) is 6.07 Å². The number of carbonyl (C=O) groups excluding carboxylic acids is 1. The van der Waals surface area contributed by atoms with Crippen molar-refractivity contribution >= 4 is 17.7 Å². The molecule has 4 heterocycles. The lowest BCUT2D eigenvalue weighted by molar-refractivity contribution is 0.0790. The number of anilines is 2. The Hall–Kier alpha value is -3.35. The van der Waals surface area contributed by atoms with Crippen molar-refractivity contribution < 1.29 is 4.79 Å². The van der Waals surface area contributed by atoms with Crippen LogP contribution >= 0.6 is 0 Å². The minimum atomic E-state index is 0.0156. The summed E-state index contributed by atoms with van der Waals surface area (Å²) in [6.45, 7) is 3.35. The van der Waals surface area contributed by atoms with Gasteiger partial charge in [0.25, 0.3) is 5.91 Å². The predicted molar refractivity (Wildman–Crippen MR) is 102 cm³/mol. The molecule has 4 rings (SSSR count). The average Bonchev–Trinajstić information content (AvgIpc) is 3.20. The van der Waals surface area contributed by atoms with Gasteiger partial charge in [0, 0.05) is 43.8 Å². The van der Waals surface area contributed by atoms with Crippen LogP contribution in [0.3, 0.4) is 0 Å². The molecule has 0 saturated carbocycles. The Morgan fingerprint density at radius 1 is 1.15 bits per heavy atom. The zero-order chi connectivity index (χ0) is 18.6. The summed E-state index contributed by atoms with van der Waals surface area (Å²) in [4.78, 5) is 31.7. The first-order valence-corrected chi connectivity index (χ1v) is 8.91. The normalized spacial score (nSPS) is 16.3. The molecule has 0 spiro atoms. The van der Waals surface area contributed by atoms with E-state index in [9.17, 15) is 4.79 Å². The molecule has 1 aliphatic heterocycles. The third-order valence-corrected chi connectivity index (χ3v) is 4.63. The first kappa shape index (κ1) is 17.1. The Morgan fingerprint density at radius 2 is 2.07 bits per heavy atom. The molecule has 7 heteroatoms. The van der Waals surface area contributed by atoms with Crippen LogP contribution in [0.15, 0.2) is 55.1 Å². The third-order valence-electron chi connectivity index (χ3n) is 4.63. The fourth-order valence-electron chi connectivity index (χ4n) is 3.17. The second kappa shape index (κ2) is 7.49. The van der Waals surface area contributed by atoms with Gasteiger partial charge in [-0.3, -0.25) is 9.78 Å². The second-order valence-corrected chi connectivity index (χ2v) is 6.63. The Morgan fingerprint density at radius 3 is 2.85 bits per heavy atom. The van der Waals surface area contributed by atoms with Gasteiger partial charge in [0.15, 0.2) is 0 Å². The molecule has 1 aliphatic rings. The Bertz CT molecular complexity index is 929. The number of nitrogens with one attached hydrogen (secondary N) is 1. The largest absolute Gasteiger partial charge is 0.338 e. The highest BCUT2D eigenvalue weighted by atomic mass is 16.2. The van der Waals surface area contributed by atoms with Crippen molar-refractivity contribution in [2.75, 3.05) is 18.4 Å². The average molecular weight is 360 g/mol. The lowest BCUT2D eigenvalue weighted by atomic mass is 10.1.